The molecule has 22 heavy (non-hydrogen) atoms. The summed E-state index contributed by atoms with van der Waals surface area (Å²) in [4.78, 5) is 4.17. The molecule has 116 valence electrons. The molecule has 1 N–H and O–H groups in total. The van der Waals surface area contributed by atoms with Crippen molar-refractivity contribution in [2.24, 2.45) is 0 Å². The lowest BCUT2D eigenvalue weighted by Gasteiger charge is -2.12. The summed E-state index contributed by atoms with van der Waals surface area (Å²) in [7, 11) is -3.85. The van der Waals surface area contributed by atoms with Crippen LogP contribution in [-0.4, -0.2) is 28.6 Å². The molecule has 0 aliphatic rings. The second kappa shape index (κ2) is 6.54. The largest absolute Gasteiger partial charge is 0.380 e. The molecule has 0 aliphatic heterocycles. The Balaban J connectivity index is 2.61. The van der Waals surface area contributed by atoms with Crippen LogP contribution in [0.5, 0.6) is 0 Å². The first-order valence-corrected chi connectivity index (χ1v) is 9.19. The van der Waals surface area contributed by atoms with Crippen LogP contribution < -0.4 is 0 Å². The number of terminal acetylenes is 1. The molecule has 5 nitrogen and oxygen atoms in total. The second-order valence-corrected chi connectivity index (χ2v) is 7.83. The number of imidazole rings is 1. The van der Waals surface area contributed by atoms with Crippen LogP contribution in [0.4, 0.5) is 0 Å². The van der Waals surface area contributed by atoms with Crippen LogP contribution in [0, 0.1) is 19.3 Å². The molecule has 0 saturated heterocycles. The normalized spacial score (nSPS) is 12.9. The van der Waals surface area contributed by atoms with Crippen molar-refractivity contribution in [1.82, 2.24) is 8.96 Å². The maximum absolute atomic E-state index is 12.8. The minimum Gasteiger partial charge on any atom is -0.380 e. The fourth-order valence-corrected chi connectivity index (χ4v) is 5.06. The van der Waals surface area contributed by atoms with E-state index in [0.717, 1.165) is 9.54 Å². The average molecular weight is 448 g/mol. The highest BCUT2D eigenvalue weighted by Crippen LogP contribution is 2.28. The predicted octanol–water partition coefficient (Wildman–Crippen LogP) is 2.49. The van der Waals surface area contributed by atoms with Gasteiger partial charge in [0.1, 0.15) is 10.7 Å². The summed E-state index contributed by atoms with van der Waals surface area (Å²) in [6.45, 7) is 1.87. The number of hydrogen-bond acceptors (Lipinski definition) is 4. The van der Waals surface area contributed by atoms with Gasteiger partial charge in [0.05, 0.1) is 10.6 Å². The van der Waals surface area contributed by atoms with Gasteiger partial charge in [0.2, 0.25) is 0 Å². The zero-order valence-electron chi connectivity index (χ0n) is 11.5. The molecule has 0 spiro atoms. The number of benzene rings is 1. The van der Waals surface area contributed by atoms with Crippen molar-refractivity contribution >= 4 is 41.9 Å². The fraction of sp³-hybridized carbons (Fsp3) is 0.214. The van der Waals surface area contributed by atoms with Crippen LogP contribution in [0.1, 0.15) is 11.3 Å². The topological polar surface area (TPSA) is 72.2 Å². The molecule has 0 saturated carbocycles. The first-order valence-electron chi connectivity index (χ1n) is 6.16. The van der Waals surface area contributed by atoms with E-state index in [0.29, 0.717) is 4.60 Å². The summed E-state index contributed by atoms with van der Waals surface area (Å²) < 4.78 is 27.1. The van der Waals surface area contributed by atoms with Gasteiger partial charge in [-0.15, -0.1) is 6.42 Å². The molecule has 0 radical (unpaired) electrons. The number of aryl methyl sites for hydroxylation is 1. The van der Waals surface area contributed by atoms with Crippen molar-refractivity contribution in [3.8, 4) is 12.3 Å². The van der Waals surface area contributed by atoms with Gasteiger partial charge >= 0.3 is 0 Å². The SMILES string of the molecule is C#CC(O)Cc1c(Br)nc(Br)n1S(=O)(=O)c1ccc(C)cc1. The first kappa shape index (κ1) is 17.2. The molecule has 1 aromatic heterocycles. The monoisotopic (exact) mass is 446 g/mol. The lowest BCUT2D eigenvalue weighted by molar-refractivity contribution is 0.231. The van der Waals surface area contributed by atoms with Crippen LogP contribution in [0.25, 0.3) is 0 Å². The zero-order valence-corrected chi connectivity index (χ0v) is 15.5. The number of aromatic nitrogens is 2. The third kappa shape index (κ3) is 3.27. The van der Waals surface area contributed by atoms with Gasteiger partial charge in [-0.2, -0.15) is 0 Å². The summed E-state index contributed by atoms with van der Waals surface area (Å²) in [5.74, 6) is 2.16. The molecule has 2 rings (SSSR count). The Morgan fingerprint density at radius 2 is 1.95 bits per heavy atom. The molecular weight excluding hydrogens is 436 g/mol. The fourth-order valence-electron chi connectivity index (χ4n) is 1.86. The molecule has 2 aromatic rings. The van der Waals surface area contributed by atoms with Gasteiger partial charge in [-0.1, -0.05) is 23.6 Å². The molecule has 8 heteroatoms. The highest BCUT2D eigenvalue weighted by Gasteiger charge is 2.27. The van der Waals surface area contributed by atoms with Crippen LogP contribution >= 0.6 is 31.9 Å². The van der Waals surface area contributed by atoms with E-state index in [1.165, 1.54) is 12.1 Å². The molecule has 1 atom stereocenters. The summed E-state index contributed by atoms with van der Waals surface area (Å²) >= 11 is 6.33. The molecule has 0 aliphatic carbocycles. The lowest BCUT2D eigenvalue weighted by Crippen LogP contribution is -2.19. The van der Waals surface area contributed by atoms with Crippen LogP contribution in [0.3, 0.4) is 0 Å². The van der Waals surface area contributed by atoms with Gasteiger partial charge in [0.15, 0.2) is 4.73 Å². The molecule has 0 fully saturated rings. The van der Waals surface area contributed by atoms with Gasteiger partial charge < -0.3 is 5.11 Å². The highest BCUT2D eigenvalue weighted by molar-refractivity contribution is 9.11. The van der Waals surface area contributed by atoms with Gasteiger partial charge in [-0.3, -0.25) is 0 Å². The summed E-state index contributed by atoms with van der Waals surface area (Å²) in [5.41, 5.74) is 1.23. The van der Waals surface area contributed by atoms with E-state index in [-0.39, 0.29) is 21.7 Å². The van der Waals surface area contributed by atoms with Crippen LogP contribution in [0.2, 0.25) is 0 Å². The van der Waals surface area contributed by atoms with E-state index in [1.807, 2.05) is 6.92 Å². The van der Waals surface area contributed by atoms with E-state index in [9.17, 15) is 13.5 Å². The third-order valence-corrected chi connectivity index (χ3v) is 6.12. The highest BCUT2D eigenvalue weighted by atomic mass is 79.9. The number of nitrogens with zero attached hydrogens (tertiary/aromatic N) is 2. The van der Waals surface area contributed by atoms with Crippen LogP contribution in [0.15, 0.2) is 38.5 Å². The minimum atomic E-state index is -3.85. The maximum Gasteiger partial charge on any atom is 0.270 e. The molecule has 1 heterocycles. The lowest BCUT2D eigenvalue weighted by atomic mass is 10.2. The number of rotatable bonds is 4. The summed E-state index contributed by atoms with van der Waals surface area (Å²) in [6.07, 6.45) is 4.01. The Hall–Kier alpha value is -1.14. The van der Waals surface area contributed by atoms with E-state index >= 15 is 0 Å². The summed E-state index contributed by atoms with van der Waals surface area (Å²) in [5, 5.41) is 9.63. The van der Waals surface area contributed by atoms with E-state index < -0.39 is 16.1 Å². The smallest absolute Gasteiger partial charge is 0.270 e. The van der Waals surface area contributed by atoms with Crippen molar-refractivity contribution in [1.29, 1.82) is 0 Å². The van der Waals surface area contributed by atoms with Crippen molar-refractivity contribution in [3.63, 3.8) is 0 Å². The first-order chi connectivity index (χ1) is 10.3. The zero-order chi connectivity index (χ0) is 16.5. The molecule has 0 amide bonds. The summed E-state index contributed by atoms with van der Waals surface area (Å²) in [6, 6.07) is 6.46. The Labute approximate surface area is 145 Å². The van der Waals surface area contributed by atoms with Crippen molar-refractivity contribution < 1.29 is 13.5 Å². The molecule has 1 aromatic carbocycles. The quantitative estimate of drug-likeness (QED) is 0.731. The van der Waals surface area contributed by atoms with Crippen LogP contribution in [-0.2, 0) is 16.4 Å². The second-order valence-electron chi connectivity index (χ2n) is 4.59. The standard InChI is InChI=1S/C14H12Br2N2O3S/c1-3-10(19)8-12-13(15)17-14(16)18(12)22(20,21)11-6-4-9(2)5-7-11/h1,4-7,10,19H,8H2,2H3. The average Bonchev–Trinajstić information content (AvgIpc) is 2.74. The Morgan fingerprint density at radius 3 is 2.50 bits per heavy atom. The van der Waals surface area contributed by atoms with E-state index in [2.05, 4.69) is 42.8 Å². The van der Waals surface area contributed by atoms with Gasteiger partial charge in [-0.05, 0) is 50.9 Å². The van der Waals surface area contributed by atoms with Crippen molar-refractivity contribution in [3.05, 3.63) is 44.9 Å². The molecular formula is C14H12Br2N2O3S. The van der Waals surface area contributed by atoms with Gasteiger partial charge in [0, 0.05) is 6.42 Å². The Morgan fingerprint density at radius 1 is 1.36 bits per heavy atom. The maximum atomic E-state index is 12.8. The van der Waals surface area contributed by atoms with Crippen molar-refractivity contribution in [2.45, 2.75) is 24.3 Å². The Bertz CT molecular complexity index is 836. The van der Waals surface area contributed by atoms with Gasteiger partial charge in [0.25, 0.3) is 10.0 Å². The molecule has 0 bridgehead atoms. The number of halogens is 2. The number of aliphatic hydroxyl groups is 1. The number of hydrogen-bond donors (Lipinski definition) is 1. The van der Waals surface area contributed by atoms with Gasteiger partial charge in [-0.25, -0.2) is 17.4 Å². The molecule has 1 unspecified atom stereocenters. The third-order valence-electron chi connectivity index (χ3n) is 2.98. The van der Waals surface area contributed by atoms with E-state index in [1.54, 1.807) is 12.1 Å². The Kier molecular flexibility index (Phi) is 5.12. The van der Waals surface area contributed by atoms with Crippen molar-refractivity contribution in [2.75, 3.05) is 0 Å². The minimum absolute atomic E-state index is 0.0409. The predicted molar refractivity (Wildman–Crippen MR) is 89.9 cm³/mol. The number of aliphatic hydroxyl groups excluding tert-OH is 1. The van der Waals surface area contributed by atoms with E-state index in [4.69, 9.17) is 6.42 Å².